The molecule has 0 atom stereocenters. The molecule has 0 heterocycles. The van der Waals surface area contributed by atoms with Crippen LogP contribution < -0.4 is 0 Å². The van der Waals surface area contributed by atoms with Crippen LogP contribution in [0.15, 0.2) is 71.8 Å². The Labute approximate surface area is 247 Å². The van der Waals surface area contributed by atoms with Crippen molar-refractivity contribution in [2.75, 3.05) is 0 Å². The Morgan fingerprint density at radius 2 is 1.14 bits per heavy atom. The van der Waals surface area contributed by atoms with Crippen LogP contribution in [0.25, 0.3) is 33.4 Å². The number of hydrogen-bond donors (Lipinski definition) is 0. The molecule has 10 heteroatoms. The Morgan fingerprint density at radius 1 is 0.614 bits per heavy atom. The van der Waals surface area contributed by atoms with Crippen molar-refractivity contribution >= 4 is 33.4 Å². The quantitative estimate of drug-likeness (QED) is 0.218. The number of allylic oxidation sites excluding steroid dienone is 8. The van der Waals surface area contributed by atoms with E-state index in [0.717, 1.165) is 24.3 Å². The molecule has 3 aromatic carbocycles. The van der Waals surface area contributed by atoms with Crippen molar-refractivity contribution in [3.63, 3.8) is 0 Å². The molecule has 0 unspecified atom stereocenters. The van der Waals surface area contributed by atoms with E-state index in [0.29, 0.717) is 22.3 Å². The van der Waals surface area contributed by atoms with Crippen molar-refractivity contribution in [3.8, 4) is 24.3 Å². The van der Waals surface area contributed by atoms with Crippen LogP contribution in [0.2, 0.25) is 0 Å². The fourth-order valence-corrected chi connectivity index (χ4v) is 5.68. The molecule has 0 saturated heterocycles. The molecule has 5 rings (SSSR count). The van der Waals surface area contributed by atoms with Gasteiger partial charge in [-0.2, -0.15) is 47.4 Å². The lowest BCUT2D eigenvalue weighted by atomic mass is 9.88. The predicted octanol–water partition coefficient (Wildman–Crippen LogP) is 9.21. The molecule has 0 amide bonds. The summed E-state index contributed by atoms with van der Waals surface area (Å²) >= 11 is 0. The van der Waals surface area contributed by atoms with E-state index < -0.39 is 23.5 Å². The van der Waals surface area contributed by atoms with Crippen molar-refractivity contribution in [2.45, 2.75) is 26.2 Å². The van der Waals surface area contributed by atoms with Gasteiger partial charge in [0.1, 0.15) is 23.8 Å². The summed E-state index contributed by atoms with van der Waals surface area (Å²) in [7, 11) is 0. The van der Waals surface area contributed by atoms with Crippen LogP contribution >= 0.6 is 0 Å². The summed E-state index contributed by atoms with van der Waals surface area (Å²) in [6.07, 6.45) is -9.32. The second-order valence-corrected chi connectivity index (χ2v) is 10.0. The minimum Gasteiger partial charge on any atom is -0.193 e. The lowest BCUT2D eigenvalue weighted by Crippen LogP contribution is -2.05. The molecule has 214 valence electrons. The SMILES string of the molecule is CC1=C(c2cccc(C3=C(C#N)c4cc(C(F)(F)F)ccc4/C3=C(\C)C#N)c2)C(=C(C#N)C#N)c2ccc(C(F)(F)F)cc21. The Morgan fingerprint density at radius 3 is 1.64 bits per heavy atom. The Balaban J connectivity index is 1.79. The van der Waals surface area contributed by atoms with Crippen LogP contribution in [-0.4, -0.2) is 0 Å². The van der Waals surface area contributed by atoms with Gasteiger partial charge in [0.05, 0.1) is 22.8 Å². The first kappa shape index (κ1) is 29.6. The summed E-state index contributed by atoms with van der Waals surface area (Å²) in [5.41, 5.74) is 0.608. The largest absolute Gasteiger partial charge is 0.416 e. The van der Waals surface area contributed by atoms with Gasteiger partial charge in [0.2, 0.25) is 0 Å². The molecule has 44 heavy (non-hydrogen) atoms. The number of hydrogen-bond acceptors (Lipinski definition) is 4. The molecule has 0 aromatic heterocycles. The van der Waals surface area contributed by atoms with Crippen LogP contribution in [0.5, 0.6) is 0 Å². The highest BCUT2D eigenvalue weighted by Gasteiger charge is 2.37. The number of halogens is 6. The van der Waals surface area contributed by atoms with Crippen LogP contribution in [0.3, 0.4) is 0 Å². The molecule has 0 N–H and O–H groups in total. The third kappa shape index (κ3) is 4.64. The van der Waals surface area contributed by atoms with Crippen molar-refractivity contribution in [2.24, 2.45) is 0 Å². The summed E-state index contributed by atoms with van der Waals surface area (Å²) in [5, 5.41) is 39.4. The lowest BCUT2D eigenvalue weighted by molar-refractivity contribution is -0.138. The Hall–Kier alpha value is -5.84. The van der Waals surface area contributed by atoms with Gasteiger partial charge >= 0.3 is 12.4 Å². The number of nitriles is 4. The van der Waals surface area contributed by atoms with Crippen LogP contribution in [-0.2, 0) is 12.4 Å². The molecule has 0 aliphatic heterocycles. The van der Waals surface area contributed by atoms with Gasteiger partial charge in [-0.1, -0.05) is 30.3 Å². The average Bonchev–Trinajstić information content (AvgIpc) is 3.48. The van der Waals surface area contributed by atoms with E-state index in [4.69, 9.17) is 0 Å². The number of nitrogens with zero attached hydrogens (tertiary/aromatic N) is 4. The summed E-state index contributed by atoms with van der Waals surface area (Å²) in [6, 6.07) is 20.0. The third-order valence-corrected chi connectivity index (χ3v) is 7.60. The maximum absolute atomic E-state index is 13.6. The number of fused-ring (bicyclic) bond motifs is 2. The van der Waals surface area contributed by atoms with Gasteiger partial charge in [-0.15, -0.1) is 0 Å². The normalized spacial score (nSPS) is 15.2. The first-order valence-corrected chi connectivity index (χ1v) is 12.8. The van der Waals surface area contributed by atoms with Crippen LogP contribution in [0.4, 0.5) is 26.3 Å². The molecule has 2 aliphatic carbocycles. The fourth-order valence-electron chi connectivity index (χ4n) is 5.68. The van der Waals surface area contributed by atoms with Gasteiger partial charge in [-0.25, -0.2) is 0 Å². The van der Waals surface area contributed by atoms with Gasteiger partial charge in [0.25, 0.3) is 0 Å². The van der Waals surface area contributed by atoms with E-state index >= 15 is 0 Å². The van der Waals surface area contributed by atoms with Crippen molar-refractivity contribution in [1.29, 1.82) is 21.0 Å². The number of alkyl halides is 6. The third-order valence-electron chi connectivity index (χ3n) is 7.60. The fraction of sp³-hybridized carbons (Fsp3) is 0.118. The molecule has 0 bridgehead atoms. The minimum atomic E-state index is -4.68. The molecule has 2 aliphatic rings. The van der Waals surface area contributed by atoms with E-state index in [1.165, 1.54) is 19.1 Å². The predicted molar refractivity (Wildman–Crippen MR) is 151 cm³/mol. The molecule has 4 nitrogen and oxygen atoms in total. The summed E-state index contributed by atoms with van der Waals surface area (Å²) < 4.78 is 81.4. The van der Waals surface area contributed by atoms with Crippen LogP contribution in [0, 0.1) is 45.3 Å². The second kappa shape index (κ2) is 10.5. The van der Waals surface area contributed by atoms with Crippen molar-refractivity contribution in [3.05, 3.63) is 116 Å². The molecule has 3 aromatic rings. The van der Waals surface area contributed by atoms with E-state index in [2.05, 4.69) is 0 Å². The van der Waals surface area contributed by atoms with Crippen molar-refractivity contribution < 1.29 is 26.3 Å². The first-order valence-electron chi connectivity index (χ1n) is 12.8. The zero-order valence-corrected chi connectivity index (χ0v) is 22.8. The molecule has 0 radical (unpaired) electrons. The van der Waals surface area contributed by atoms with E-state index in [9.17, 15) is 47.4 Å². The zero-order valence-electron chi connectivity index (χ0n) is 22.8. The first-order chi connectivity index (χ1) is 20.8. The average molecular weight is 595 g/mol. The van der Waals surface area contributed by atoms with Gasteiger partial charge in [0.15, 0.2) is 0 Å². The summed E-state index contributed by atoms with van der Waals surface area (Å²) in [5.74, 6) is 0. The Bertz CT molecular complexity index is 2080. The smallest absolute Gasteiger partial charge is 0.193 e. The van der Waals surface area contributed by atoms with E-state index in [-0.39, 0.29) is 55.7 Å². The molecule has 0 fully saturated rings. The highest BCUT2D eigenvalue weighted by Crippen LogP contribution is 2.52. The van der Waals surface area contributed by atoms with Gasteiger partial charge in [0, 0.05) is 27.9 Å². The molecular weight excluding hydrogens is 578 g/mol. The summed E-state index contributed by atoms with van der Waals surface area (Å²) in [4.78, 5) is 0. The summed E-state index contributed by atoms with van der Waals surface area (Å²) in [6.45, 7) is 3.04. The number of benzene rings is 3. The van der Waals surface area contributed by atoms with E-state index in [1.807, 2.05) is 24.3 Å². The van der Waals surface area contributed by atoms with Gasteiger partial charge < -0.3 is 0 Å². The van der Waals surface area contributed by atoms with Crippen LogP contribution in [0.1, 0.15) is 58.4 Å². The highest BCUT2D eigenvalue weighted by atomic mass is 19.4. The number of rotatable bonds is 2. The topological polar surface area (TPSA) is 95.2 Å². The monoisotopic (exact) mass is 594 g/mol. The lowest BCUT2D eigenvalue weighted by Gasteiger charge is -2.14. The molecular formula is C34H16F6N4. The second-order valence-electron chi connectivity index (χ2n) is 10.0. The zero-order chi connectivity index (χ0) is 32.1. The van der Waals surface area contributed by atoms with Crippen molar-refractivity contribution in [1.82, 2.24) is 0 Å². The maximum Gasteiger partial charge on any atom is 0.416 e. The minimum absolute atomic E-state index is 0.00695. The highest BCUT2D eigenvalue weighted by molar-refractivity contribution is 6.26. The molecule has 0 spiro atoms. The Kier molecular flexibility index (Phi) is 7.05. The standard InChI is InChI=1S/C34H16F6N4/c1-17(13-41)29-25-9-7-23(34(38,39)40)12-27(25)28(16-44)31(29)20-5-3-4-19(10-20)30-18(2)26-11-22(33(35,36)37)6-8-24(26)32(30)21(14-42)15-43/h3-12H,1-2H3/b29-17-. The van der Waals surface area contributed by atoms with E-state index in [1.54, 1.807) is 31.2 Å². The van der Waals surface area contributed by atoms with Gasteiger partial charge in [-0.3, -0.25) is 0 Å². The molecule has 0 saturated carbocycles. The maximum atomic E-state index is 13.6. The van der Waals surface area contributed by atoms with Gasteiger partial charge in [-0.05, 0) is 83.1 Å².